The lowest BCUT2D eigenvalue weighted by Gasteiger charge is -2.06. The van der Waals surface area contributed by atoms with Crippen molar-refractivity contribution in [1.29, 1.82) is 0 Å². The van der Waals surface area contributed by atoms with E-state index in [4.69, 9.17) is 10.6 Å². The zero-order valence-corrected chi connectivity index (χ0v) is 7.31. The number of rotatable bonds is 2. The van der Waals surface area contributed by atoms with E-state index in [-0.39, 0.29) is 6.10 Å². The summed E-state index contributed by atoms with van der Waals surface area (Å²) in [5.41, 5.74) is 6.77. The maximum absolute atomic E-state index is 5.50. The van der Waals surface area contributed by atoms with Gasteiger partial charge in [0.15, 0.2) is 0 Å². The van der Waals surface area contributed by atoms with Crippen LogP contribution >= 0.6 is 0 Å². The zero-order chi connectivity index (χ0) is 9.10. The van der Waals surface area contributed by atoms with E-state index in [0.29, 0.717) is 5.84 Å². The molecule has 1 aliphatic heterocycles. The molecule has 2 rings (SSSR count). The molecule has 0 radical (unpaired) electrons. The largest absolute Gasteiger partial charge is 0.390 e. The molecule has 3 heteroatoms. The number of nitrogens with two attached hydrogens (primary N) is 1. The van der Waals surface area contributed by atoms with Crippen LogP contribution in [0, 0.1) is 0 Å². The van der Waals surface area contributed by atoms with E-state index < -0.39 is 0 Å². The van der Waals surface area contributed by atoms with E-state index in [1.807, 2.05) is 18.2 Å². The smallest absolute Gasteiger partial charge is 0.143 e. The number of amidine groups is 1. The molecule has 0 bridgehead atoms. The van der Waals surface area contributed by atoms with Gasteiger partial charge in [0.1, 0.15) is 11.9 Å². The number of oxime groups is 1. The zero-order valence-electron chi connectivity index (χ0n) is 7.31. The summed E-state index contributed by atoms with van der Waals surface area (Å²) < 4.78 is 0. The second-order valence-electron chi connectivity index (χ2n) is 3.20. The van der Waals surface area contributed by atoms with Crippen LogP contribution in [0.4, 0.5) is 0 Å². The van der Waals surface area contributed by atoms with Gasteiger partial charge < -0.3 is 10.6 Å². The molecule has 1 heterocycles. The summed E-state index contributed by atoms with van der Waals surface area (Å²) in [6.07, 6.45) is 1.75. The molecule has 1 aromatic carbocycles. The van der Waals surface area contributed by atoms with Gasteiger partial charge in [-0.3, -0.25) is 0 Å². The predicted octanol–water partition coefficient (Wildman–Crippen LogP) is 1.29. The quantitative estimate of drug-likeness (QED) is 0.738. The number of hydrogen-bond acceptors (Lipinski definition) is 3. The van der Waals surface area contributed by atoms with Crippen LogP contribution in [0.25, 0.3) is 0 Å². The third-order valence-electron chi connectivity index (χ3n) is 2.06. The average molecular weight is 176 g/mol. The van der Waals surface area contributed by atoms with Crippen LogP contribution in [0.5, 0.6) is 0 Å². The van der Waals surface area contributed by atoms with Gasteiger partial charge in [-0.1, -0.05) is 35.5 Å². The Kier molecular flexibility index (Phi) is 2.17. The lowest BCUT2D eigenvalue weighted by Crippen LogP contribution is -2.15. The molecule has 1 unspecified atom stereocenters. The third kappa shape index (κ3) is 1.99. The van der Waals surface area contributed by atoms with Gasteiger partial charge in [-0.2, -0.15) is 0 Å². The summed E-state index contributed by atoms with van der Waals surface area (Å²) >= 11 is 0. The highest BCUT2D eigenvalue weighted by Gasteiger charge is 2.18. The first-order valence-corrected chi connectivity index (χ1v) is 4.36. The van der Waals surface area contributed by atoms with Crippen molar-refractivity contribution in [2.75, 3.05) is 0 Å². The molecule has 0 amide bonds. The van der Waals surface area contributed by atoms with Crippen LogP contribution in [-0.4, -0.2) is 11.9 Å². The predicted molar refractivity (Wildman–Crippen MR) is 51.3 cm³/mol. The topological polar surface area (TPSA) is 47.6 Å². The summed E-state index contributed by atoms with van der Waals surface area (Å²) in [6.45, 7) is 0. The molecule has 2 N–H and O–H groups in total. The number of nitrogens with zero attached hydrogens (tertiary/aromatic N) is 1. The molecule has 68 valence electrons. The molecule has 0 fully saturated rings. The van der Waals surface area contributed by atoms with Crippen molar-refractivity contribution in [3.05, 3.63) is 35.9 Å². The van der Waals surface area contributed by atoms with E-state index in [1.54, 1.807) is 0 Å². The fraction of sp³-hybridized carbons (Fsp3) is 0.300. The Hall–Kier alpha value is -1.51. The maximum Gasteiger partial charge on any atom is 0.143 e. The van der Waals surface area contributed by atoms with Crippen molar-refractivity contribution >= 4 is 5.84 Å². The van der Waals surface area contributed by atoms with Crippen LogP contribution in [0.2, 0.25) is 0 Å². The van der Waals surface area contributed by atoms with Crippen LogP contribution < -0.4 is 5.73 Å². The van der Waals surface area contributed by atoms with Gasteiger partial charge in [-0.05, 0) is 5.56 Å². The van der Waals surface area contributed by atoms with Crippen molar-refractivity contribution in [2.45, 2.75) is 18.9 Å². The fourth-order valence-corrected chi connectivity index (χ4v) is 1.44. The summed E-state index contributed by atoms with van der Waals surface area (Å²) in [5, 5.41) is 3.71. The van der Waals surface area contributed by atoms with Gasteiger partial charge >= 0.3 is 0 Å². The van der Waals surface area contributed by atoms with Gasteiger partial charge in [-0.15, -0.1) is 0 Å². The molecule has 0 saturated heterocycles. The molecule has 0 spiro atoms. The van der Waals surface area contributed by atoms with Gasteiger partial charge in [-0.25, -0.2) is 0 Å². The molecule has 3 nitrogen and oxygen atoms in total. The first kappa shape index (κ1) is 8.10. The van der Waals surface area contributed by atoms with Gasteiger partial charge in [0.2, 0.25) is 0 Å². The minimum absolute atomic E-state index is 0.127. The van der Waals surface area contributed by atoms with Crippen molar-refractivity contribution in [2.24, 2.45) is 10.9 Å². The average Bonchev–Trinajstić information content (AvgIpc) is 2.53. The van der Waals surface area contributed by atoms with E-state index >= 15 is 0 Å². The highest BCUT2D eigenvalue weighted by Crippen LogP contribution is 2.13. The Morgan fingerprint density at radius 2 is 2.15 bits per heavy atom. The van der Waals surface area contributed by atoms with E-state index in [9.17, 15) is 0 Å². The van der Waals surface area contributed by atoms with Gasteiger partial charge in [0.05, 0.1) is 0 Å². The molecule has 1 atom stereocenters. The van der Waals surface area contributed by atoms with Crippen LogP contribution in [-0.2, 0) is 11.3 Å². The Balaban J connectivity index is 1.94. The Bertz CT molecular complexity index is 308. The highest BCUT2D eigenvalue weighted by molar-refractivity contribution is 5.81. The van der Waals surface area contributed by atoms with Gasteiger partial charge in [0, 0.05) is 12.8 Å². The van der Waals surface area contributed by atoms with Gasteiger partial charge in [0.25, 0.3) is 0 Å². The number of hydrogen-bond donors (Lipinski definition) is 1. The maximum atomic E-state index is 5.50. The molecule has 13 heavy (non-hydrogen) atoms. The minimum atomic E-state index is 0.127. The monoisotopic (exact) mass is 176 g/mol. The second-order valence-corrected chi connectivity index (χ2v) is 3.20. The standard InChI is InChI=1S/C10H12N2O/c11-10-7-9(13-12-10)6-8-4-2-1-3-5-8/h1-5,9H,6-7H2,(H2,11,12). The van der Waals surface area contributed by atoms with E-state index in [0.717, 1.165) is 12.8 Å². The normalized spacial score (nSPS) is 20.9. The lowest BCUT2D eigenvalue weighted by atomic mass is 10.1. The number of benzene rings is 1. The summed E-state index contributed by atoms with van der Waals surface area (Å²) in [6, 6.07) is 10.2. The van der Waals surface area contributed by atoms with Crippen molar-refractivity contribution < 1.29 is 4.84 Å². The Labute approximate surface area is 77.2 Å². The van der Waals surface area contributed by atoms with Crippen LogP contribution in [0.1, 0.15) is 12.0 Å². The van der Waals surface area contributed by atoms with Crippen LogP contribution in [0.3, 0.4) is 0 Å². The second kappa shape index (κ2) is 3.47. The molecule has 0 aliphatic carbocycles. The first-order valence-electron chi connectivity index (χ1n) is 4.36. The molecular weight excluding hydrogens is 164 g/mol. The van der Waals surface area contributed by atoms with Crippen molar-refractivity contribution in [1.82, 2.24) is 0 Å². The van der Waals surface area contributed by atoms with E-state index in [1.165, 1.54) is 5.56 Å². The highest BCUT2D eigenvalue weighted by atomic mass is 16.6. The molecule has 1 aliphatic rings. The molecule has 0 aromatic heterocycles. The lowest BCUT2D eigenvalue weighted by molar-refractivity contribution is 0.0859. The minimum Gasteiger partial charge on any atom is -0.390 e. The SMILES string of the molecule is NC1=NOC(Cc2ccccc2)C1. The molecule has 0 saturated carbocycles. The first-order chi connectivity index (χ1) is 6.34. The molecular formula is C10H12N2O. The Morgan fingerprint density at radius 3 is 2.77 bits per heavy atom. The van der Waals surface area contributed by atoms with E-state index in [2.05, 4.69) is 17.3 Å². The molecule has 1 aromatic rings. The van der Waals surface area contributed by atoms with Crippen molar-refractivity contribution in [3.8, 4) is 0 Å². The third-order valence-corrected chi connectivity index (χ3v) is 2.06. The summed E-state index contributed by atoms with van der Waals surface area (Å²) in [4.78, 5) is 5.13. The fourth-order valence-electron chi connectivity index (χ4n) is 1.44. The Morgan fingerprint density at radius 1 is 1.38 bits per heavy atom. The summed E-state index contributed by atoms with van der Waals surface area (Å²) in [5.74, 6) is 0.598. The van der Waals surface area contributed by atoms with Crippen molar-refractivity contribution in [3.63, 3.8) is 0 Å². The van der Waals surface area contributed by atoms with Crippen LogP contribution in [0.15, 0.2) is 35.5 Å². The summed E-state index contributed by atoms with van der Waals surface area (Å²) in [7, 11) is 0.